The van der Waals surface area contributed by atoms with Crippen LogP contribution in [0.1, 0.15) is 38.5 Å². The molecule has 3 rings (SSSR count). The summed E-state index contributed by atoms with van der Waals surface area (Å²) in [6.45, 7) is 2.20. The normalized spacial score (nSPS) is 33.7. The van der Waals surface area contributed by atoms with Crippen molar-refractivity contribution in [3.63, 3.8) is 0 Å². The molecule has 3 atom stereocenters. The van der Waals surface area contributed by atoms with Crippen molar-refractivity contribution < 1.29 is 19.4 Å². The lowest BCUT2D eigenvalue weighted by Gasteiger charge is -2.44. The van der Waals surface area contributed by atoms with E-state index in [1.165, 1.54) is 6.42 Å². The van der Waals surface area contributed by atoms with E-state index in [0.29, 0.717) is 26.1 Å². The zero-order valence-electron chi connectivity index (χ0n) is 12.4. The molecule has 6 heteroatoms. The minimum Gasteiger partial charge on any atom is -0.480 e. The lowest BCUT2D eigenvalue weighted by atomic mass is 9.90. The number of nitrogens with zero attached hydrogens (tertiary/aromatic N) is 2. The Morgan fingerprint density at radius 3 is 2.71 bits per heavy atom. The zero-order valence-corrected chi connectivity index (χ0v) is 12.4. The van der Waals surface area contributed by atoms with Gasteiger partial charge in [-0.1, -0.05) is 12.8 Å². The van der Waals surface area contributed by atoms with Crippen LogP contribution in [0, 0.1) is 0 Å². The molecular weight excluding hydrogens is 272 g/mol. The van der Waals surface area contributed by atoms with Gasteiger partial charge in [0.25, 0.3) is 0 Å². The van der Waals surface area contributed by atoms with Gasteiger partial charge in [-0.05, 0) is 32.2 Å². The Hall–Kier alpha value is -1.14. The number of fused-ring (bicyclic) bond motifs is 1. The van der Waals surface area contributed by atoms with Crippen LogP contribution in [0.2, 0.25) is 0 Å². The van der Waals surface area contributed by atoms with Gasteiger partial charge in [-0.15, -0.1) is 0 Å². The summed E-state index contributed by atoms with van der Waals surface area (Å²) in [7, 11) is 0. The van der Waals surface area contributed by atoms with Gasteiger partial charge in [0, 0.05) is 6.54 Å². The lowest BCUT2D eigenvalue weighted by molar-refractivity contribution is -0.152. The van der Waals surface area contributed by atoms with Gasteiger partial charge < -0.3 is 14.7 Å². The molecule has 0 spiro atoms. The van der Waals surface area contributed by atoms with E-state index in [-0.39, 0.29) is 24.6 Å². The second-order valence-corrected chi connectivity index (χ2v) is 6.31. The van der Waals surface area contributed by atoms with Gasteiger partial charge in [0.15, 0.2) is 0 Å². The quantitative estimate of drug-likeness (QED) is 0.830. The number of carbonyl (C=O) groups is 2. The molecule has 1 amide bonds. The van der Waals surface area contributed by atoms with Crippen molar-refractivity contribution in [3.8, 4) is 0 Å². The van der Waals surface area contributed by atoms with E-state index in [4.69, 9.17) is 4.74 Å². The van der Waals surface area contributed by atoms with Gasteiger partial charge in [0.1, 0.15) is 6.04 Å². The van der Waals surface area contributed by atoms with Crippen LogP contribution in [0.25, 0.3) is 0 Å². The highest BCUT2D eigenvalue weighted by Gasteiger charge is 2.38. The summed E-state index contributed by atoms with van der Waals surface area (Å²) in [6, 6.07) is -0.289. The van der Waals surface area contributed by atoms with Crippen molar-refractivity contribution in [1.82, 2.24) is 9.80 Å². The predicted molar refractivity (Wildman–Crippen MR) is 75.9 cm³/mol. The van der Waals surface area contributed by atoms with Gasteiger partial charge >= 0.3 is 5.97 Å². The fourth-order valence-electron chi connectivity index (χ4n) is 3.97. The van der Waals surface area contributed by atoms with Crippen LogP contribution in [-0.4, -0.2) is 71.2 Å². The zero-order chi connectivity index (χ0) is 14.8. The maximum absolute atomic E-state index is 12.6. The Balaban J connectivity index is 1.62. The average Bonchev–Trinajstić information content (AvgIpc) is 2.95. The predicted octanol–water partition coefficient (Wildman–Crippen LogP) is 0.705. The van der Waals surface area contributed by atoms with E-state index in [2.05, 4.69) is 0 Å². The summed E-state index contributed by atoms with van der Waals surface area (Å²) in [5.41, 5.74) is 0. The van der Waals surface area contributed by atoms with E-state index < -0.39 is 12.0 Å². The van der Waals surface area contributed by atoms with Crippen LogP contribution in [0.5, 0.6) is 0 Å². The molecule has 21 heavy (non-hydrogen) atoms. The van der Waals surface area contributed by atoms with Crippen LogP contribution in [0.15, 0.2) is 0 Å². The molecule has 1 N–H and O–H groups in total. The third kappa shape index (κ3) is 3.06. The van der Waals surface area contributed by atoms with Crippen molar-refractivity contribution in [2.45, 2.75) is 56.7 Å². The first-order valence-electron chi connectivity index (χ1n) is 8.05. The Morgan fingerprint density at radius 1 is 1.10 bits per heavy atom. The fourth-order valence-corrected chi connectivity index (χ4v) is 3.97. The van der Waals surface area contributed by atoms with Gasteiger partial charge in [0.05, 0.1) is 25.3 Å². The van der Waals surface area contributed by atoms with E-state index in [9.17, 15) is 14.7 Å². The summed E-state index contributed by atoms with van der Waals surface area (Å²) in [6.07, 6.45) is 6.07. The topological polar surface area (TPSA) is 70.1 Å². The maximum atomic E-state index is 12.6. The highest BCUT2D eigenvalue weighted by molar-refractivity contribution is 5.80. The average molecular weight is 296 g/mol. The summed E-state index contributed by atoms with van der Waals surface area (Å²) < 4.78 is 5.79. The lowest BCUT2D eigenvalue weighted by Crippen LogP contribution is -2.57. The fraction of sp³-hybridized carbons (Fsp3) is 0.867. The minimum absolute atomic E-state index is 0.0725. The van der Waals surface area contributed by atoms with Crippen molar-refractivity contribution >= 4 is 11.9 Å². The SMILES string of the molecule is O=C(O)[C@@H]1CCCN1CC(=O)N1CCOC2CCCCC21. The molecule has 3 aliphatic rings. The van der Waals surface area contributed by atoms with Crippen LogP contribution in [-0.2, 0) is 14.3 Å². The van der Waals surface area contributed by atoms with Gasteiger partial charge in [0.2, 0.25) is 5.91 Å². The molecule has 0 bridgehead atoms. The molecule has 0 aromatic rings. The first kappa shape index (κ1) is 14.8. The van der Waals surface area contributed by atoms with Crippen molar-refractivity contribution in [1.29, 1.82) is 0 Å². The van der Waals surface area contributed by atoms with Gasteiger partial charge in [-0.25, -0.2) is 0 Å². The molecular formula is C15H24N2O4. The first-order valence-corrected chi connectivity index (χ1v) is 8.05. The van der Waals surface area contributed by atoms with E-state index in [0.717, 1.165) is 25.7 Å². The molecule has 0 aromatic carbocycles. The van der Waals surface area contributed by atoms with E-state index in [1.807, 2.05) is 9.80 Å². The number of hydrogen-bond donors (Lipinski definition) is 1. The second-order valence-electron chi connectivity index (χ2n) is 6.31. The summed E-state index contributed by atoms with van der Waals surface area (Å²) in [4.78, 5) is 27.6. The molecule has 1 aliphatic carbocycles. The van der Waals surface area contributed by atoms with E-state index >= 15 is 0 Å². The van der Waals surface area contributed by atoms with Crippen molar-refractivity contribution in [3.05, 3.63) is 0 Å². The number of hydrogen-bond acceptors (Lipinski definition) is 4. The minimum atomic E-state index is -0.808. The Kier molecular flexibility index (Phi) is 4.45. The first-order chi connectivity index (χ1) is 10.2. The molecule has 2 aliphatic heterocycles. The number of aliphatic carboxylic acids is 1. The molecule has 2 saturated heterocycles. The van der Waals surface area contributed by atoms with Crippen LogP contribution >= 0.6 is 0 Å². The summed E-state index contributed by atoms with van der Waals surface area (Å²) >= 11 is 0. The molecule has 1 saturated carbocycles. The number of likely N-dealkylation sites (tertiary alicyclic amines) is 1. The number of morpholine rings is 1. The Morgan fingerprint density at radius 2 is 1.90 bits per heavy atom. The Labute approximate surface area is 125 Å². The standard InChI is InChI=1S/C15H24N2O4/c18-14(10-16-7-3-5-12(16)15(19)20)17-8-9-21-13-6-2-1-4-11(13)17/h11-13H,1-10H2,(H,19,20)/t11?,12-,13?/m0/s1. The Bertz CT molecular complexity index is 412. The molecule has 0 aromatic heterocycles. The second kappa shape index (κ2) is 6.32. The highest BCUT2D eigenvalue weighted by Crippen LogP contribution is 2.29. The third-order valence-corrected chi connectivity index (χ3v) is 5.04. The smallest absolute Gasteiger partial charge is 0.320 e. The highest BCUT2D eigenvalue weighted by atomic mass is 16.5. The summed E-state index contributed by atoms with van der Waals surface area (Å²) in [5.74, 6) is -0.735. The molecule has 2 unspecified atom stereocenters. The van der Waals surface area contributed by atoms with Crippen LogP contribution < -0.4 is 0 Å². The molecule has 118 valence electrons. The van der Waals surface area contributed by atoms with Crippen molar-refractivity contribution in [2.75, 3.05) is 26.2 Å². The third-order valence-electron chi connectivity index (χ3n) is 5.04. The van der Waals surface area contributed by atoms with Crippen LogP contribution in [0.3, 0.4) is 0 Å². The largest absolute Gasteiger partial charge is 0.480 e. The number of ether oxygens (including phenoxy) is 1. The molecule has 6 nitrogen and oxygen atoms in total. The van der Waals surface area contributed by atoms with Gasteiger partial charge in [-0.2, -0.15) is 0 Å². The molecule has 3 fully saturated rings. The number of carboxylic acids is 1. The number of carboxylic acid groups (broad SMARTS) is 1. The van der Waals surface area contributed by atoms with Crippen molar-refractivity contribution in [2.24, 2.45) is 0 Å². The van der Waals surface area contributed by atoms with Crippen LogP contribution in [0.4, 0.5) is 0 Å². The van der Waals surface area contributed by atoms with Gasteiger partial charge in [-0.3, -0.25) is 14.5 Å². The molecule has 0 radical (unpaired) electrons. The number of amides is 1. The number of rotatable bonds is 3. The summed E-state index contributed by atoms with van der Waals surface area (Å²) in [5, 5.41) is 9.21. The monoisotopic (exact) mass is 296 g/mol. The maximum Gasteiger partial charge on any atom is 0.320 e. The molecule has 2 heterocycles. The number of carbonyl (C=O) groups excluding carboxylic acids is 1. The van der Waals surface area contributed by atoms with E-state index in [1.54, 1.807) is 0 Å².